The van der Waals surface area contributed by atoms with Crippen molar-refractivity contribution in [3.05, 3.63) is 0 Å². The van der Waals surface area contributed by atoms with Gasteiger partial charge in [0.2, 0.25) is 5.91 Å². The van der Waals surface area contributed by atoms with Gasteiger partial charge in [-0.25, -0.2) is 5.01 Å². The van der Waals surface area contributed by atoms with Crippen molar-refractivity contribution in [2.24, 2.45) is 10.5 Å². The van der Waals surface area contributed by atoms with Crippen molar-refractivity contribution >= 4 is 12.1 Å². The molecule has 0 unspecified atom stereocenters. The van der Waals surface area contributed by atoms with Gasteiger partial charge in [-0.05, 0) is 19.3 Å². The molecule has 1 aliphatic heterocycles. The Morgan fingerprint density at radius 2 is 2.23 bits per heavy atom. The second-order valence-electron chi connectivity index (χ2n) is 4.37. The minimum atomic E-state index is 0.180. The highest BCUT2D eigenvalue weighted by atomic mass is 16.2. The third-order valence-corrected chi connectivity index (χ3v) is 3.05. The van der Waals surface area contributed by atoms with Gasteiger partial charge in [0.25, 0.3) is 0 Å². The van der Waals surface area contributed by atoms with Crippen molar-refractivity contribution in [3.8, 4) is 0 Å². The highest BCUT2D eigenvalue weighted by Crippen LogP contribution is 2.38. The van der Waals surface area contributed by atoms with E-state index in [-0.39, 0.29) is 11.3 Å². The van der Waals surface area contributed by atoms with Crippen molar-refractivity contribution in [2.75, 3.05) is 6.54 Å². The second-order valence-corrected chi connectivity index (χ2v) is 4.37. The summed E-state index contributed by atoms with van der Waals surface area (Å²) in [5.41, 5.74) is 0.281. The van der Waals surface area contributed by atoms with Crippen LogP contribution in [0.1, 0.15) is 39.0 Å². The van der Waals surface area contributed by atoms with Crippen LogP contribution in [0.3, 0.4) is 0 Å². The minimum absolute atomic E-state index is 0.180. The second kappa shape index (κ2) is 3.13. The van der Waals surface area contributed by atoms with Gasteiger partial charge in [0.05, 0.1) is 0 Å². The molecular formula is C10H16N2O. The molecule has 0 N–H and O–H groups in total. The molecular weight excluding hydrogens is 164 g/mol. The van der Waals surface area contributed by atoms with Crippen LogP contribution in [-0.4, -0.2) is 23.7 Å². The zero-order valence-electron chi connectivity index (χ0n) is 8.12. The molecule has 0 aromatic rings. The molecule has 0 radical (unpaired) electrons. The van der Waals surface area contributed by atoms with Crippen LogP contribution < -0.4 is 0 Å². The summed E-state index contributed by atoms with van der Waals surface area (Å²) in [4.78, 5) is 11.2. The third kappa shape index (κ3) is 1.74. The minimum Gasteiger partial charge on any atom is -0.273 e. The summed E-state index contributed by atoms with van der Waals surface area (Å²) in [6.07, 6.45) is 7.36. The first-order valence-electron chi connectivity index (χ1n) is 5.05. The SMILES string of the molecule is CC1(/C=N/N2CCCC2=O)CCC1. The van der Waals surface area contributed by atoms with E-state index in [0.717, 1.165) is 13.0 Å². The van der Waals surface area contributed by atoms with Gasteiger partial charge in [-0.3, -0.25) is 4.79 Å². The van der Waals surface area contributed by atoms with E-state index >= 15 is 0 Å². The van der Waals surface area contributed by atoms with Gasteiger partial charge >= 0.3 is 0 Å². The molecule has 0 spiro atoms. The van der Waals surface area contributed by atoms with Crippen LogP contribution in [0.15, 0.2) is 5.10 Å². The lowest BCUT2D eigenvalue weighted by Gasteiger charge is -2.34. The molecule has 1 aliphatic carbocycles. The Hall–Kier alpha value is -0.860. The van der Waals surface area contributed by atoms with Gasteiger partial charge in [-0.15, -0.1) is 0 Å². The van der Waals surface area contributed by atoms with E-state index in [1.807, 2.05) is 6.21 Å². The summed E-state index contributed by atoms with van der Waals surface area (Å²) in [5.74, 6) is 0.180. The molecule has 0 bridgehead atoms. The summed E-state index contributed by atoms with van der Waals surface area (Å²) in [6.45, 7) is 3.02. The zero-order chi connectivity index (χ0) is 9.31. The summed E-state index contributed by atoms with van der Waals surface area (Å²) in [7, 11) is 0. The summed E-state index contributed by atoms with van der Waals surface area (Å²) in [5, 5.41) is 5.87. The van der Waals surface area contributed by atoms with Gasteiger partial charge in [0.1, 0.15) is 0 Å². The predicted octanol–water partition coefficient (Wildman–Crippen LogP) is 1.78. The van der Waals surface area contributed by atoms with Crippen LogP contribution in [0.4, 0.5) is 0 Å². The van der Waals surface area contributed by atoms with Crippen LogP contribution in [0, 0.1) is 5.41 Å². The third-order valence-electron chi connectivity index (χ3n) is 3.05. The summed E-state index contributed by atoms with van der Waals surface area (Å²) in [6, 6.07) is 0. The average molecular weight is 180 g/mol. The standard InChI is InChI=1S/C10H16N2O/c1-10(5-3-6-10)8-11-12-7-2-4-9(12)13/h8H,2-7H2,1H3/b11-8+. The molecule has 1 heterocycles. The predicted molar refractivity (Wildman–Crippen MR) is 51.4 cm³/mol. The van der Waals surface area contributed by atoms with E-state index in [1.54, 1.807) is 5.01 Å². The Morgan fingerprint density at radius 1 is 1.46 bits per heavy atom. The Labute approximate surface area is 78.8 Å². The van der Waals surface area contributed by atoms with E-state index in [4.69, 9.17) is 0 Å². The Balaban J connectivity index is 1.92. The summed E-state index contributed by atoms with van der Waals surface area (Å²) < 4.78 is 0. The van der Waals surface area contributed by atoms with Crippen LogP contribution in [-0.2, 0) is 4.79 Å². The number of carbonyl (C=O) groups excluding carboxylic acids is 1. The Bertz CT molecular complexity index is 243. The Kier molecular flexibility index (Phi) is 2.10. The van der Waals surface area contributed by atoms with Gasteiger partial charge in [-0.1, -0.05) is 13.3 Å². The topological polar surface area (TPSA) is 32.7 Å². The molecule has 1 amide bonds. The first-order valence-corrected chi connectivity index (χ1v) is 5.05. The molecule has 13 heavy (non-hydrogen) atoms. The molecule has 2 rings (SSSR count). The van der Waals surface area contributed by atoms with E-state index in [0.29, 0.717) is 6.42 Å². The lowest BCUT2D eigenvalue weighted by Crippen LogP contribution is -2.29. The highest BCUT2D eigenvalue weighted by molar-refractivity contribution is 5.79. The molecule has 2 aliphatic rings. The van der Waals surface area contributed by atoms with Crippen molar-refractivity contribution < 1.29 is 4.79 Å². The van der Waals surface area contributed by atoms with Gasteiger partial charge in [0.15, 0.2) is 0 Å². The fourth-order valence-electron chi connectivity index (χ4n) is 1.83. The van der Waals surface area contributed by atoms with Crippen LogP contribution in [0.5, 0.6) is 0 Å². The number of amides is 1. The maximum absolute atomic E-state index is 11.2. The number of hydrazone groups is 1. The number of hydrogen-bond donors (Lipinski definition) is 0. The number of carbonyl (C=O) groups is 1. The highest BCUT2D eigenvalue weighted by Gasteiger charge is 2.30. The van der Waals surface area contributed by atoms with E-state index in [1.165, 1.54) is 19.3 Å². The molecule has 3 nitrogen and oxygen atoms in total. The molecule has 2 fully saturated rings. The number of hydrogen-bond acceptors (Lipinski definition) is 2. The van der Waals surface area contributed by atoms with Crippen molar-refractivity contribution in [1.82, 2.24) is 5.01 Å². The largest absolute Gasteiger partial charge is 0.273 e. The molecule has 0 aromatic heterocycles. The van der Waals surface area contributed by atoms with E-state index in [2.05, 4.69) is 12.0 Å². The van der Waals surface area contributed by atoms with Crippen LogP contribution >= 0.6 is 0 Å². The van der Waals surface area contributed by atoms with Gasteiger partial charge in [-0.2, -0.15) is 5.10 Å². The fourth-order valence-corrected chi connectivity index (χ4v) is 1.83. The van der Waals surface area contributed by atoms with Crippen LogP contribution in [0.25, 0.3) is 0 Å². The molecule has 0 aromatic carbocycles. The van der Waals surface area contributed by atoms with Crippen molar-refractivity contribution in [3.63, 3.8) is 0 Å². The maximum Gasteiger partial charge on any atom is 0.242 e. The molecule has 1 saturated heterocycles. The van der Waals surface area contributed by atoms with E-state index in [9.17, 15) is 4.79 Å². The maximum atomic E-state index is 11.2. The molecule has 1 saturated carbocycles. The lowest BCUT2D eigenvalue weighted by atomic mass is 9.72. The zero-order valence-corrected chi connectivity index (χ0v) is 8.12. The van der Waals surface area contributed by atoms with Crippen molar-refractivity contribution in [2.45, 2.75) is 39.0 Å². The normalized spacial score (nSPS) is 26.8. The Morgan fingerprint density at radius 3 is 2.69 bits per heavy atom. The molecule has 72 valence electrons. The van der Waals surface area contributed by atoms with Gasteiger partial charge < -0.3 is 0 Å². The first-order chi connectivity index (χ1) is 6.20. The van der Waals surface area contributed by atoms with Crippen LogP contribution in [0.2, 0.25) is 0 Å². The van der Waals surface area contributed by atoms with Gasteiger partial charge in [0, 0.05) is 24.6 Å². The molecule has 0 atom stereocenters. The monoisotopic (exact) mass is 180 g/mol. The lowest BCUT2D eigenvalue weighted by molar-refractivity contribution is -0.127. The first kappa shape index (κ1) is 8.73. The van der Waals surface area contributed by atoms with E-state index < -0.39 is 0 Å². The summed E-state index contributed by atoms with van der Waals surface area (Å²) >= 11 is 0. The average Bonchev–Trinajstić information content (AvgIpc) is 2.44. The quantitative estimate of drug-likeness (QED) is 0.596. The number of nitrogens with zero attached hydrogens (tertiary/aromatic N) is 2. The number of rotatable bonds is 2. The molecule has 3 heteroatoms. The smallest absolute Gasteiger partial charge is 0.242 e. The van der Waals surface area contributed by atoms with Crippen molar-refractivity contribution in [1.29, 1.82) is 0 Å². The fraction of sp³-hybridized carbons (Fsp3) is 0.800.